The van der Waals surface area contributed by atoms with Crippen LogP contribution in [0.25, 0.3) is 0 Å². The number of nitrogens with zero attached hydrogens (tertiary/aromatic N) is 9. The number of hydrogen-bond acceptors (Lipinski definition) is 15. The van der Waals surface area contributed by atoms with Crippen molar-refractivity contribution in [2.24, 2.45) is 0 Å². The quantitative estimate of drug-likeness (QED) is 0.0976. The zero-order valence-electron chi connectivity index (χ0n) is 31.9. The molecule has 1 aromatic rings. The van der Waals surface area contributed by atoms with E-state index in [1.165, 1.54) is 0 Å². The fourth-order valence-electron chi connectivity index (χ4n) is 6.80. The molecule has 0 radical (unpaired) electrons. The highest BCUT2D eigenvalue weighted by molar-refractivity contribution is 5.70. The molecular formula is C35H57N9O12. The molecule has 0 aliphatic carbocycles. The Morgan fingerprint density at radius 3 is 0.714 bits per heavy atom. The monoisotopic (exact) mass is 795 g/mol. The third kappa shape index (κ3) is 19.5. The van der Waals surface area contributed by atoms with Crippen molar-refractivity contribution >= 4 is 35.8 Å². The number of carbonyl (C=O) groups is 6. The zero-order valence-corrected chi connectivity index (χ0v) is 31.9. The summed E-state index contributed by atoms with van der Waals surface area (Å²) >= 11 is 0. The summed E-state index contributed by atoms with van der Waals surface area (Å²) in [5.41, 5.74) is 1.73. The molecule has 21 heteroatoms. The largest absolute Gasteiger partial charge is 0.480 e. The Labute approximate surface area is 325 Å². The van der Waals surface area contributed by atoms with Gasteiger partial charge in [-0.3, -0.25) is 73.0 Å². The van der Waals surface area contributed by atoms with Gasteiger partial charge in [0.1, 0.15) is 0 Å². The lowest BCUT2D eigenvalue weighted by Gasteiger charge is -2.33. The molecule has 2 saturated heterocycles. The number of rotatable bonds is 16. The van der Waals surface area contributed by atoms with E-state index in [-0.39, 0.29) is 39.3 Å². The molecule has 6 N–H and O–H groups in total. The molecule has 0 spiro atoms. The van der Waals surface area contributed by atoms with Crippen molar-refractivity contribution in [2.45, 2.75) is 13.1 Å². The average molecular weight is 796 g/mol. The first-order valence-electron chi connectivity index (χ1n) is 18.7. The van der Waals surface area contributed by atoms with E-state index in [0.29, 0.717) is 118 Å². The van der Waals surface area contributed by atoms with Gasteiger partial charge in [-0.1, -0.05) is 6.07 Å². The van der Waals surface area contributed by atoms with Crippen LogP contribution in [-0.4, -0.2) is 255 Å². The second kappa shape index (κ2) is 24.3. The summed E-state index contributed by atoms with van der Waals surface area (Å²) in [6, 6.07) is 2.00. The highest BCUT2D eigenvalue weighted by Crippen LogP contribution is 2.12. The van der Waals surface area contributed by atoms with Crippen molar-refractivity contribution in [2.75, 3.05) is 144 Å². The summed E-state index contributed by atoms with van der Waals surface area (Å²) in [5.74, 6) is -6.06. The summed E-state index contributed by atoms with van der Waals surface area (Å²) in [4.78, 5) is 88.9. The van der Waals surface area contributed by atoms with Gasteiger partial charge in [0, 0.05) is 130 Å². The molecule has 0 bridgehead atoms. The molecule has 0 amide bonds. The van der Waals surface area contributed by atoms with Gasteiger partial charge in [0.15, 0.2) is 0 Å². The number of aliphatic carboxylic acids is 6. The van der Waals surface area contributed by atoms with Crippen LogP contribution < -0.4 is 0 Å². The van der Waals surface area contributed by atoms with E-state index in [4.69, 9.17) is 0 Å². The molecule has 2 aliphatic rings. The summed E-state index contributed by atoms with van der Waals surface area (Å²) < 4.78 is 0. The van der Waals surface area contributed by atoms with Gasteiger partial charge in [-0.05, 0) is 11.1 Å². The molecule has 314 valence electrons. The molecule has 0 aromatic carbocycles. The molecule has 21 nitrogen and oxygen atoms in total. The fraction of sp³-hybridized carbons (Fsp3) is 0.686. The number of hydrogen-bond donors (Lipinski definition) is 6. The van der Waals surface area contributed by atoms with Crippen molar-refractivity contribution < 1.29 is 59.4 Å². The van der Waals surface area contributed by atoms with Crippen molar-refractivity contribution in [3.05, 3.63) is 29.6 Å². The van der Waals surface area contributed by atoms with E-state index >= 15 is 0 Å². The van der Waals surface area contributed by atoms with Crippen LogP contribution in [0.5, 0.6) is 0 Å². The third-order valence-electron chi connectivity index (χ3n) is 9.68. The molecule has 1 aromatic heterocycles. The normalized spacial score (nSPS) is 19.9. The number of carboxylic acids is 6. The van der Waals surface area contributed by atoms with E-state index in [2.05, 4.69) is 14.8 Å². The Balaban J connectivity index is 1.79. The van der Waals surface area contributed by atoms with E-state index in [1.54, 1.807) is 41.8 Å². The lowest BCUT2D eigenvalue weighted by Crippen LogP contribution is -2.48. The Morgan fingerprint density at radius 1 is 0.357 bits per heavy atom. The summed E-state index contributed by atoms with van der Waals surface area (Å²) in [5, 5.41) is 57.1. The van der Waals surface area contributed by atoms with Crippen LogP contribution in [0.4, 0.5) is 0 Å². The third-order valence-corrected chi connectivity index (χ3v) is 9.68. The minimum atomic E-state index is -1.02. The first-order valence-corrected chi connectivity index (χ1v) is 18.7. The maximum Gasteiger partial charge on any atom is 0.317 e. The van der Waals surface area contributed by atoms with E-state index in [1.807, 2.05) is 6.07 Å². The average Bonchev–Trinajstić information content (AvgIpc) is 3.09. The van der Waals surface area contributed by atoms with Crippen LogP contribution in [0.3, 0.4) is 0 Å². The fourth-order valence-corrected chi connectivity index (χ4v) is 6.80. The SMILES string of the molecule is O=C(O)CN1CCN(CC(=O)O)CCN(Cc2cncc(CN3CCN(CC(=O)O)CCN(CC(=O)O)CCN(CC(=O)O)CC3)c2)CCN(CC(=O)O)CC1. The van der Waals surface area contributed by atoms with Gasteiger partial charge in [-0.15, -0.1) is 0 Å². The topological polar surface area (TPSA) is 263 Å². The lowest BCUT2D eigenvalue weighted by atomic mass is 10.1. The van der Waals surface area contributed by atoms with Gasteiger partial charge in [0.2, 0.25) is 0 Å². The summed E-state index contributed by atoms with van der Waals surface area (Å²) in [6.07, 6.45) is 3.46. The molecule has 0 unspecified atom stereocenters. The number of carboxylic acid groups (broad SMARTS) is 6. The lowest BCUT2D eigenvalue weighted by molar-refractivity contribution is -0.140. The molecule has 2 aliphatic heterocycles. The van der Waals surface area contributed by atoms with Crippen molar-refractivity contribution in [3.8, 4) is 0 Å². The minimum Gasteiger partial charge on any atom is -0.480 e. The van der Waals surface area contributed by atoms with Gasteiger partial charge in [-0.2, -0.15) is 0 Å². The van der Waals surface area contributed by atoms with Crippen LogP contribution in [0.15, 0.2) is 18.5 Å². The van der Waals surface area contributed by atoms with Gasteiger partial charge in [0.25, 0.3) is 0 Å². The standard InChI is InChI=1S/C35H57N9O12/c45-30(46)22-39-5-1-37(2-6-40(23-31(47)48)10-14-43(13-9-39)26-34(53)54)20-28-17-29(19-36-18-28)21-38-3-7-41(24-32(49)50)11-15-44(27-35(55)56)16-12-42(8-4-38)25-33(51)52/h17-19H,1-16,20-27H2,(H,45,46)(H,47,48)(H,49,50)(H,51,52)(H,53,54)(H,55,56). The highest BCUT2D eigenvalue weighted by Gasteiger charge is 2.23. The zero-order chi connectivity index (χ0) is 41.0. The number of aromatic nitrogens is 1. The molecule has 56 heavy (non-hydrogen) atoms. The molecule has 0 saturated carbocycles. The maximum atomic E-state index is 11.7. The van der Waals surface area contributed by atoms with E-state index < -0.39 is 35.8 Å². The molecular weight excluding hydrogens is 738 g/mol. The smallest absolute Gasteiger partial charge is 0.317 e. The van der Waals surface area contributed by atoms with Gasteiger partial charge in [0.05, 0.1) is 39.3 Å². The molecule has 2 fully saturated rings. The second-order valence-electron chi connectivity index (χ2n) is 14.3. The minimum absolute atomic E-state index is 0.221. The van der Waals surface area contributed by atoms with E-state index in [9.17, 15) is 59.4 Å². The Hall–Kier alpha value is -4.35. The summed E-state index contributed by atoms with van der Waals surface area (Å²) in [7, 11) is 0. The number of pyridine rings is 1. The van der Waals surface area contributed by atoms with Crippen LogP contribution in [0.2, 0.25) is 0 Å². The molecule has 3 heterocycles. The van der Waals surface area contributed by atoms with Crippen LogP contribution in [0, 0.1) is 0 Å². The molecule has 3 rings (SSSR count). The van der Waals surface area contributed by atoms with Crippen LogP contribution in [-0.2, 0) is 41.9 Å². The van der Waals surface area contributed by atoms with Gasteiger partial charge in [-0.25, -0.2) is 0 Å². The van der Waals surface area contributed by atoms with E-state index in [0.717, 1.165) is 11.1 Å². The molecule has 0 atom stereocenters. The predicted molar refractivity (Wildman–Crippen MR) is 199 cm³/mol. The first kappa shape index (κ1) is 46.0. The van der Waals surface area contributed by atoms with Crippen molar-refractivity contribution in [1.82, 2.24) is 44.2 Å². The van der Waals surface area contributed by atoms with Crippen molar-refractivity contribution in [3.63, 3.8) is 0 Å². The second-order valence-corrected chi connectivity index (χ2v) is 14.3. The summed E-state index contributed by atoms with van der Waals surface area (Å²) in [6.45, 7) is 5.24. The Kier molecular flexibility index (Phi) is 20.0. The van der Waals surface area contributed by atoms with Gasteiger partial charge >= 0.3 is 35.8 Å². The highest BCUT2D eigenvalue weighted by atomic mass is 16.4. The van der Waals surface area contributed by atoms with Gasteiger partial charge < -0.3 is 30.6 Å². The first-order chi connectivity index (χ1) is 26.6. The van der Waals surface area contributed by atoms with Crippen LogP contribution in [0.1, 0.15) is 11.1 Å². The van der Waals surface area contributed by atoms with Crippen LogP contribution >= 0.6 is 0 Å². The van der Waals surface area contributed by atoms with Crippen molar-refractivity contribution in [1.29, 1.82) is 0 Å². The predicted octanol–water partition coefficient (Wildman–Crippen LogP) is -2.97. The Morgan fingerprint density at radius 2 is 0.536 bits per heavy atom. The Bertz CT molecular complexity index is 1290. The maximum absolute atomic E-state index is 11.7.